The first-order chi connectivity index (χ1) is 14.2. The Bertz CT molecular complexity index is 1110. The van der Waals surface area contributed by atoms with Crippen LogP contribution in [0.25, 0.3) is 0 Å². The van der Waals surface area contributed by atoms with E-state index in [0.29, 0.717) is 5.56 Å². The Labute approximate surface area is 203 Å². The molecule has 2 N–H and O–H groups in total. The number of rotatable bonds is 2. The van der Waals surface area contributed by atoms with E-state index >= 15 is 0 Å². The first-order valence-corrected chi connectivity index (χ1v) is 13.7. The molecule has 0 unspecified atom stereocenters. The lowest BCUT2D eigenvalue weighted by Gasteiger charge is -2.24. The van der Waals surface area contributed by atoms with Gasteiger partial charge in [0, 0.05) is 11.2 Å². The highest BCUT2D eigenvalue weighted by atomic mass is 32.2. The second kappa shape index (κ2) is 10.9. The average molecular weight is 503 g/mol. The Hall–Kier alpha value is -1.44. The molecule has 0 radical (unpaired) electrons. The van der Waals surface area contributed by atoms with E-state index in [9.17, 15) is 17.2 Å². The summed E-state index contributed by atoms with van der Waals surface area (Å²) < 4.78 is 50.8. The molecule has 0 aliphatic carbocycles. The van der Waals surface area contributed by atoms with Crippen LogP contribution in [0.2, 0.25) is 0 Å². The van der Waals surface area contributed by atoms with E-state index in [1.807, 2.05) is 40.9 Å². The van der Waals surface area contributed by atoms with Crippen molar-refractivity contribution in [2.75, 3.05) is 12.5 Å². The quantitative estimate of drug-likeness (QED) is 0.425. The molecule has 0 spiro atoms. The third-order valence-corrected chi connectivity index (χ3v) is 7.93. The fourth-order valence-electron chi connectivity index (χ4n) is 3.97. The van der Waals surface area contributed by atoms with Gasteiger partial charge in [-0.25, -0.2) is 17.2 Å². The molecule has 2 aromatic rings. The van der Waals surface area contributed by atoms with Gasteiger partial charge in [-0.05, 0) is 90.3 Å². The van der Waals surface area contributed by atoms with Gasteiger partial charge in [-0.3, -0.25) is 0 Å². The molecule has 0 bridgehead atoms. The molecular weight excluding hydrogens is 462 g/mol. The topological polar surface area (TPSA) is 65.6 Å². The molecule has 3 nitrogen and oxygen atoms in total. The van der Waals surface area contributed by atoms with Crippen molar-refractivity contribution in [2.45, 2.75) is 89.9 Å². The van der Waals surface area contributed by atoms with Crippen molar-refractivity contribution in [3.8, 4) is 0 Å². The summed E-state index contributed by atoms with van der Waals surface area (Å²) in [4.78, 5) is 0.600. The first-order valence-electron chi connectivity index (χ1n) is 10.6. The van der Waals surface area contributed by atoms with E-state index in [-0.39, 0.29) is 27.0 Å². The molecule has 0 fully saturated rings. The number of thioether (sulfide) groups is 1. The minimum atomic E-state index is -3.52. The van der Waals surface area contributed by atoms with Crippen LogP contribution in [0.3, 0.4) is 0 Å². The van der Waals surface area contributed by atoms with Crippen LogP contribution in [0, 0.1) is 39.3 Å². The van der Waals surface area contributed by atoms with Crippen molar-refractivity contribution in [1.82, 2.24) is 0 Å². The minimum absolute atomic E-state index is 0. The van der Waals surface area contributed by atoms with Crippen molar-refractivity contribution in [2.24, 2.45) is 0 Å². The molecule has 0 saturated carbocycles. The van der Waals surface area contributed by atoms with Crippen molar-refractivity contribution in [1.29, 1.82) is 0 Å². The summed E-state index contributed by atoms with van der Waals surface area (Å²) in [6, 6.07) is 3.03. The smallest absolute Gasteiger partial charge is 0.178 e. The molecule has 0 aliphatic rings. The lowest BCUT2D eigenvalue weighted by atomic mass is 9.82. The number of hydrogen-bond donors (Lipinski definition) is 0. The Kier molecular flexibility index (Phi) is 10.4. The van der Waals surface area contributed by atoms with Crippen LogP contribution in [0.1, 0.15) is 74.9 Å². The van der Waals surface area contributed by atoms with Crippen molar-refractivity contribution in [3.05, 3.63) is 57.1 Å². The van der Waals surface area contributed by atoms with Gasteiger partial charge in [0.1, 0.15) is 16.5 Å². The summed E-state index contributed by atoms with van der Waals surface area (Å²) in [6.45, 7) is 19.9. The van der Waals surface area contributed by atoms with Gasteiger partial charge < -0.3 is 5.48 Å². The second-order valence-corrected chi connectivity index (χ2v) is 13.2. The largest absolute Gasteiger partial charge is 0.412 e. The fraction of sp³-hybridized carbons (Fsp3) is 0.538. The van der Waals surface area contributed by atoms with Gasteiger partial charge in [0.15, 0.2) is 9.84 Å². The van der Waals surface area contributed by atoms with Gasteiger partial charge in [0.25, 0.3) is 0 Å². The zero-order chi connectivity index (χ0) is 25.4. The van der Waals surface area contributed by atoms with Gasteiger partial charge in [-0.2, -0.15) is 0 Å². The summed E-state index contributed by atoms with van der Waals surface area (Å²) in [5.74, 6) is -0.740. The molecule has 0 aliphatic heterocycles. The summed E-state index contributed by atoms with van der Waals surface area (Å²) in [6.07, 6.45) is 2.95. The SMILES string of the molecule is CSc1c(F)cc(C(C)(C)C)c(C)c1C.Cc1c(C(C)(C)C)cc(F)c(S(C)(=O)=O)c1C.O. The van der Waals surface area contributed by atoms with Crippen LogP contribution in [0.15, 0.2) is 21.9 Å². The molecule has 2 rings (SSSR count). The predicted molar refractivity (Wildman–Crippen MR) is 138 cm³/mol. The van der Waals surface area contributed by atoms with Crippen LogP contribution < -0.4 is 0 Å². The van der Waals surface area contributed by atoms with Crippen molar-refractivity contribution >= 4 is 21.6 Å². The molecule has 0 atom stereocenters. The van der Waals surface area contributed by atoms with E-state index in [1.54, 1.807) is 13.0 Å². The van der Waals surface area contributed by atoms with Crippen molar-refractivity contribution in [3.63, 3.8) is 0 Å². The summed E-state index contributed by atoms with van der Waals surface area (Å²) >= 11 is 1.48. The number of halogens is 2. The molecule has 33 heavy (non-hydrogen) atoms. The highest BCUT2D eigenvalue weighted by Gasteiger charge is 2.25. The van der Waals surface area contributed by atoms with Crippen LogP contribution in [0.4, 0.5) is 8.78 Å². The van der Waals surface area contributed by atoms with E-state index in [4.69, 9.17) is 0 Å². The highest BCUT2D eigenvalue weighted by Crippen LogP contribution is 2.34. The van der Waals surface area contributed by atoms with Gasteiger partial charge in [-0.1, -0.05) is 41.5 Å². The molecule has 188 valence electrons. The van der Waals surface area contributed by atoms with E-state index < -0.39 is 15.7 Å². The third-order valence-electron chi connectivity index (χ3n) is 5.78. The van der Waals surface area contributed by atoms with E-state index in [1.165, 1.54) is 23.4 Å². The Morgan fingerprint density at radius 3 is 1.42 bits per heavy atom. The zero-order valence-electron chi connectivity index (χ0n) is 22.0. The lowest BCUT2D eigenvalue weighted by molar-refractivity contribution is 0.544. The maximum atomic E-state index is 13.9. The van der Waals surface area contributed by atoms with Gasteiger partial charge in [0.2, 0.25) is 0 Å². The maximum absolute atomic E-state index is 13.9. The molecule has 2 aromatic carbocycles. The number of sulfone groups is 1. The van der Waals surface area contributed by atoms with Gasteiger partial charge in [-0.15, -0.1) is 11.8 Å². The number of hydrogen-bond acceptors (Lipinski definition) is 3. The summed E-state index contributed by atoms with van der Waals surface area (Å²) in [5, 5.41) is 0. The molecule has 0 aromatic heterocycles. The zero-order valence-corrected chi connectivity index (χ0v) is 23.7. The Morgan fingerprint density at radius 2 is 1.09 bits per heavy atom. The van der Waals surface area contributed by atoms with Crippen LogP contribution in [-0.2, 0) is 20.7 Å². The van der Waals surface area contributed by atoms with Crippen LogP contribution in [-0.4, -0.2) is 26.4 Å². The summed E-state index contributed by atoms with van der Waals surface area (Å²) in [5.41, 5.74) is 5.41. The average Bonchev–Trinajstić information content (AvgIpc) is 2.59. The monoisotopic (exact) mass is 502 g/mol. The van der Waals surface area contributed by atoms with Crippen molar-refractivity contribution < 1.29 is 22.7 Å². The fourth-order valence-corrected chi connectivity index (χ4v) is 5.80. The maximum Gasteiger partial charge on any atom is 0.178 e. The molecule has 7 heteroatoms. The Balaban J connectivity index is 0.000000607. The molecular formula is C26H40F2O3S2. The van der Waals surface area contributed by atoms with E-state index in [2.05, 4.69) is 27.7 Å². The molecule has 0 amide bonds. The normalized spacial score (nSPS) is 12.1. The summed E-state index contributed by atoms with van der Waals surface area (Å²) in [7, 11) is -3.52. The Morgan fingerprint density at radius 1 is 0.727 bits per heavy atom. The van der Waals surface area contributed by atoms with E-state index in [0.717, 1.165) is 33.4 Å². The second-order valence-electron chi connectivity index (χ2n) is 10.4. The molecule has 0 heterocycles. The number of benzene rings is 2. The lowest BCUT2D eigenvalue weighted by Crippen LogP contribution is -2.17. The molecule has 0 saturated heterocycles. The van der Waals surface area contributed by atoms with Crippen LogP contribution in [0.5, 0.6) is 0 Å². The van der Waals surface area contributed by atoms with Crippen LogP contribution >= 0.6 is 11.8 Å². The highest BCUT2D eigenvalue weighted by molar-refractivity contribution is 7.98. The minimum Gasteiger partial charge on any atom is -0.412 e. The van der Waals surface area contributed by atoms with Gasteiger partial charge >= 0.3 is 0 Å². The predicted octanol–water partition coefficient (Wildman–Crippen LogP) is 6.78. The standard InChI is InChI=1S/C13H19FO2S.C13H19FS.H2O/c1-8-9(2)12(17(6,15)16)11(14)7-10(8)13(3,4)5;1-8-9(2)12(15-6)11(14)7-10(8)13(3,4)5;/h7H,1-6H3;7H,1-6H3;1H2. The third kappa shape index (κ3) is 7.27. The first kappa shape index (κ1) is 31.6. The van der Waals surface area contributed by atoms with Gasteiger partial charge in [0.05, 0.1) is 0 Å².